The van der Waals surface area contributed by atoms with Crippen molar-refractivity contribution in [3.05, 3.63) is 42.5 Å². The van der Waals surface area contributed by atoms with E-state index in [1.54, 1.807) is 0 Å². The molecule has 1 aliphatic rings. The Morgan fingerprint density at radius 1 is 1.19 bits per heavy atom. The average molecular weight is 354 g/mol. The fourth-order valence-electron chi connectivity index (χ4n) is 3.64. The Balaban J connectivity index is 1.53. The Hall–Kier alpha value is -2.07. The number of carbonyl (C=O) groups is 1. The molecule has 26 heavy (non-hydrogen) atoms. The molecule has 140 valence electrons. The summed E-state index contributed by atoms with van der Waals surface area (Å²) in [5, 5.41) is 5.26. The van der Waals surface area contributed by atoms with E-state index in [1.807, 2.05) is 37.3 Å². The van der Waals surface area contributed by atoms with Crippen LogP contribution >= 0.6 is 0 Å². The van der Waals surface area contributed by atoms with E-state index in [9.17, 15) is 4.79 Å². The molecule has 1 fully saturated rings. The highest BCUT2D eigenvalue weighted by molar-refractivity contribution is 5.89. The van der Waals surface area contributed by atoms with E-state index < -0.39 is 6.10 Å². The molecule has 0 spiro atoms. The van der Waals surface area contributed by atoms with Gasteiger partial charge in [0.25, 0.3) is 5.91 Å². The SMILES string of the molecule is CC[C@@H](Oc1cccc2ccccc12)C(=O)NCCC1CCN(C)CC1. The summed E-state index contributed by atoms with van der Waals surface area (Å²) in [5.41, 5.74) is 0. The lowest BCUT2D eigenvalue weighted by atomic mass is 9.94. The number of nitrogens with zero attached hydrogens (tertiary/aromatic N) is 1. The fourth-order valence-corrected chi connectivity index (χ4v) is 3.64. The minimum atomic E-state index is -0.446. The van der Waals surface area contributed by atoms with Crippen molar-refractivity contribution in [2.24, 2.45) is 5.92 Å². The molecule has 0 aliphatic carbocycles. The predicted octanol–water partition coefficient (Wildman–Crippen LogP) is 3.85. The van der Waals surface area contributed by atoms with Crippen molar-refractivity contribution in [3.8, 4) is 5.75 Å². The van der Waals surface area contributed by atoms with Crippen molar-refractivity contribution in [1.82, 2.24) is 10.2 Å². The van der Waals surface area contributed by atoms with Crippen LogP contribution < -0.4 is 10.1 Å². The second kappa shape index (κ2) is 9.04. The van der Waals surface area contributed by atoms with Gasteiger partial charge in [0.2, 0.25) is 0 Å². The summed E-state index contributed by atoms with van der Waals surface area (Å²) < 4.78 is 6.08. The molecule has 1 aliphatic heterocycles. The second-order valence-corrected chi connectivity index (χ2v) is 7.32. The van der Waals surface area contributed by atoms with E-state index in [0.717, 1.165) is 35.4 Å². The number of piperidine rings is 1. The molecule has 0 bridgehead atoms. The van der Waals surface area contributed by atoms with Crippen LogP contribution in [-0.4, -0.2) is 43.6 Å². The summed E-state index contributed by atoms with van der Waals surface area (Å²) in [6.07, 6.45) is 3.73. The molecule has 4 nitrogen and oxygen atoms in total. The standard InChI is InChI=1S/C22H30N2O2/c1-3-20(22(25)23-14-11-17-12-15-24(2)16-13-17)26-21-10-6-8-18-7-4-5-9-19(18)21/h4-10,17,20H,3,11-16H2,1-2H3,(H,23,25)/t20-/m1/s1. The van der Waals surface area contributed by atoms with Gasteiger partial charge in [0.05, 0.1) is 0 Å². The van der Waals surface area contributed by atoms with E-state index in [2.05, 4.69) is 29.4 Å². The zero-order valence-corrected chi connectivity index (χ0v) is 15.9. The molecular weight excluding hydrogens is 324 g/mol. The van der Waals surface area contributed by atoms with Gasteiger partial charge >= 0.3 is 0 Å². The number of rotatable bonds is 7. The lowest BCUT2D eigenvalue weighted by Gasteiger charge is -2.29. The summed E-state index contributed by atoms with van der Waals surface area (Å²) in [4.78, 5) is 14.9. The molecule has 0 radical (unpaired) electrons. The topological polar surface area (TPSA) is 41.6 Å². The number of fused-ring (bicyclic) bond motifs is 1. The molecule has 0 unspecified atom stereocenters. The van der Waals surface area contributed by atoms with Crippen molar-refractivity contribution < 1.29 is 9.53 Å². The van der Waals surface area contributed by atoms with Crippen LogP contribution in [0, 0.1) is 5.92 Å². The van der Waals surface area contributed by atoms with E-state index >= 15 is 0 Å². The van der Waals surface area contributed by atoms with Crippen molar-refractivity contribution >= 4 is 16.7 Å². The van der Waals surface area contributed by atoms with Crippen LogP contribution in [-0.2, 0) is 4.79 Å². The third-order valence-corrected chi connectivity index (χ3v) is 5.37. The van der Waals surface area contributed by atoms with Gasteiger partial charge in [-0.2, -0.15) is 0 Å². The smallest absolute Gasteiger partial charge is 0.261 e. The first-order valence-electron chi connectivity index (χ1n) is 9.78. The Labute approximate surface area is 156 Å². The van der Waals surface area contributed by atoms with Crippen LogP contribution in [0.3, 0.4) is 0 Å². The number of ether oxygens (including phenoxy) is 1. The molecule has 0 aromatic heterocycles. The molecular formula is C22H30N2O2. The van der Waals surface area contributed by atoms with E-state index in [1.165, 1.54) is 25.9 Å². The van der Waals surface area contributed by atoms with Crippen molar-refractivity contribution in [3.63, 3.8) is 0 Å². The summed E-state index contributed by atoms with van der Waals surface area (Å²) in [6.45, 7) is 5.07. The van der Waals surface area contributed by atoms with Gasteiger partial charge in [-0.15, -0.1) is 0 Å². The maximum absolute atomic E-state index is 12.6. The highest BCUT2D eigenvalue weighted by Gasteiger charge is 2.20. The molecule has 4 heteroatoms. The normalized spacial score (nSPS) is 17.2. The third-order valence-electron chi connectivity index (χ3n) is 5.37. The molecule has 1 heterocycles. The van der Waals surface area contributed by atoms with Crippen molar-refractivity contribution in [1.29, 1.82) is 0 Å². The first-order chi connectivity index (χ1) is 12.7. The van der Waals surface area contributed by atoms with Crippen molar-refractivity contribution in [2.75, 3.05) is 26.7 Å². The summed E-state index contributed by atoms with van der Waals surface area (Å²) in [6, 6.07) is 14.1. The van der Waals surface area contributed by atoms with Gasteiger partial charge in [-0.25, -0.2) is 0 Å². The number of nitrogens with one attached hydrogen (secondary N) is 1. The number of carbonyl (C=O) groups excluding carboxylic acids is 1. The number of likely N-dealkylation sites (tertiary alicyclic amines) is 1. The molecule has 1 atom stereocenters. The Kier molecular flexibility index (Phi) is 6.51. The zero-order valence-electron chi connectivity index (χ0n) is 15.9. The molecule has 1 N–H and O–H groups in total. The third kappa shape index (κ3) is 4.76. The molecule has 2 aromatic carbocycles. The highest BCUT2D eigenvalue weighted by atomic mass is 16.5. The monoisotopic (exact) mass is 354 g/mol. The minimum absolute atomic E-state index is 0.00615. The van der Waals surface area contributed by atoms with Gasteiger partial charge in [-0.1, -0.05) is 43.3 Å². The minimum Gasteiger partial charge on any atom is -0.480 e. The predicted molar refractivity (Wildman–Crippen MR) is 107 cm³/mol. The molecule has 1 saturated heterocycles. The van der Waals surface area contributed by atoms with Gasteiger partial charge in [0.15, 0.2) is 6.10 Å². The van der Waals surface area contributed by atoms with Crippen molar-refractivity contribution in [2.45, 2.75) is 38.7 Å². The van der Waals surface area contributed by atoms with Crippen LogP contribution in [0.25, 0.3) is 10.8 Å². The number of hydrogen-bond acceptors (Lipinski definition) is 3. The number of hydrogen-bond donors (Lipinski definition) is 1. The average Bonchev–Trinajstić information content (AvgIpc) is 2.67. The Bertz CT molecular complexity index is 718. The van der Waals surface area contributed by atoms with Crippen LogP contribution in [0.4, 0.5) is 0 Å². The quantitative estimate of drug-likeness (QED) is 0.821. The first kappa shape index (κ1) is 18.7. The maximum atomic E-state index is 12.6. The van der Waals surface area contributed by atoms with Gasteiger partial charge in [0, 0.05) is 11.9 Å². The molecule has 1 amide bonds. The maximum Gasteiger partial charge on any atom is 0.261 e. The lowest BCUT2D eigenvalue weighted by molar-refractivity contribution is -0.128. The lowest BCUT2D eigenvalue weighted by Crippen LogP contribution is -2.39. The van der Waals surface area contributed by atoms with E-state index in [4.69, 9.17) is 4.74 Å². The molecule has 3 rings (SSSR count). The first-order valence-corrected chi connectivity index (χ1v) is 9.78. The Morgan fingerprint density at radius 2 is 1.92 bits per heavy atom. The van der Waals surface area contributed by atoms with Gasteiger partial charge in [0.1, 0.15) is 5.75 Å². The molecule has 0 saturated carbocycles. The van der Waals surface area contributed by atoms with E-state index in [-0.39, 0.29) is 5.91 Å². The summed E-state index contributed by atoms with van der Waals surface area (Å²) in [5.74, 6) is 1.50. The Morgan fingerprint density at radius 3 is 2.69 bits per heavy atom. The van der Waals surface area contributed by atoms with E-state index in [0.29, 0.717) is 6.42 Å². The number of amides is 1. The number of benzene rings is 2. The molecule has 2 aromatic rings. The van der Waals surface area contributed by atoms with Gasteiger partial charge < -0.3 is 15.0 Å². The highest BCUT2D eigenvalue weighted by Crippen LogP contribution is 2.26. The zero-order chi connectivity index (χ0) is 18.4. The second-order valence-electron chi connectivity index (χ2n) is 7.32. The van der Waals surface area contributed by atoms with Crippen LogP contribution in [0.1, 0.15) is 32.6 Å². The van der Waals surface area contributed by atoms with Gasteiger partial charge in [-0.05, 0) is 63.2 Å². The fraction of sp³-hybridized carbons (Fsp3) is 0.500. The summed E-state index contributed by atoms with van der Waals surface area (Å²) >= 11 is 0. The van der Waals surface area contributed by atoms with Crippen LogP contribution in [0.2, 0.25) is 0 Å². The van der Waals surface area contributed by atoms with Crippen LogP contribution in [0.5, 0.6) is 5.75 Å². The van der Waals surface area contributed by atoms with Crippen LogP contribution in [0.15, 0.2) is 42.5 Å². The largest absolute Gasteiger partial charge is 0.480 e. The summed E-state index contributed by atoms with van der Waals surface area (Å²) in [7, 11) is 2.18. The van der Waals surface area contributed by atoms with Gasteiger partial charge in [-0.3, -0.25) is 4.79 Å².